The SMILES string of the molecule is COC(=O)C1Cc2cc([N+](=O)[O-])c(/C=C/N(C)C)c(Cl)c2O1. The third-order valence-electron chi connectivity index (χ3n) is 3.18. The molecule has 1 atom stereocenters. The van der Waals surface area contributed by atoms with Crippen LogP contribution in [0.3, 0.4) is 0 Å². The van der Waals surface area contributed by atoms with E-state index in [1.54, 1.807) is 25.2 Å². The molecule has 1 aromatic carbocycles. The van der Waals surface area contributed by atoms with Gasteiger partial charge in [-0.05, 0) is 12.3 Å². The molecule has 0 fully saturated rings. The third kappa shape index (κ3) is 2.99. The minimum Gasteiger partial charge on any atom is -0.476 e. The highest BCUT2D eigenvalue weighted by molar-refractivity contribution is 6.34. The predicted octanol–water partition coefficient (Wildman–Crippen LogP) is 2.26. The zero-order valence-corrected chi connectivity index (χ0v) is 13.1. The van der Waals surface area contributed by atoms with Crippen molar-refractivity contribution in [2.24, 2.45) is 0 Å². The van der Waals surface area contributed by atoms with Gasteiger partial charge in [-0.3, -0.25) is 10.1 Å². The predicted molar refractivity (Wildman–Crippen MR) is 81.0 cm³/mol. The molecule has 22 heavy (non-hydrogen) atoms. The van der Waals surface area contributed by atoms with E-state index >= 15 is 0 Å². The molecule has 1 aliphatic rings. The fourth-order valence-corrected chi connectivity index (χ4v) is 2.47. The van der Waals surface area contributed by atoms with E-state index in [2.05, 4.69) is 4.74 Å². The van der Waals surface area contributed by atoms with Crippen LogP contribution in [0, 0.1) is 10.1 Å². The minimum atomic E-state index is -0.829. The van der Waals surface area contributed by atoms with Gasteiger partial charge in [-0.25, -0.2) is 4.79 Å². The maximum atomic E-state index is 11.6. The van der Waals surface area contributed by atoms with Crippen molar-refractivity contribution in [2.75, 3.05) is 21.2 Å². The summed E-state index contributed by atoms with van der Waals surface area (Å²) in [6, 6.07) is 1.39. The molecule has 1 aromatic rings. The number of hydrogen-bond acceptors (Lipinski definition) is 6. The Morgan fingerprint density at radius 2 is 2.27 bits per heavy atom. The number of nitro benzene ring substituents is 1. The second kappa shape index (κ2) is 6.23. The molecule has 2 rings (SSSR count). The quantitative estimate of drug-likeness (QED) is 0.479. The zero-order valence-electron chi connectivity index (χ0n) is 12.3. The highest BCUT2D eigenvalue weighted by atomic mass is 35.5. The third-order valence-corrected chi connectivity index (χ3v) is 3.56. The Labute approximate surface area is 132 Å². The molecule has 1 aliphatic heterocycles. The summed E-state index contributed by atoms with van der Waals surface area (Å²) in [6.07, 6.45) is 2.55. The highest BCUT2D eigenvalue weighted by Gasteiger charge is 2.35. The summed E-state index contributed by atoms with van der Waals surface area (Å²) in [5.41, 5.74) is 0.634. The number of ether oxygens (including phenoxy) is 2. The molecule has 0 saturated heterocycles. The standard InChI is InChI=1S/C14H15ClN2O5/c1-16(2)5-4-9-10(17(19)20)6-8-7-11(14(18)21-3)22-13(8)12(9)15/h4-6,11H,7H2,1-3H3/b5-4+. The fourth-order valence-electron chi connectivity index (χ4n) is 2.14. The van der Waals surface area contributed by atoms with E-state index in [9.17, 15) is 14.9 Å². The molecule has 0 amide bonds. The average Bonchev–Trinajstić information content (AvgIpc) is 2.89. The maximum Gasteiger partial charge on any atom is 0.347 e. The van der Waals surface area contributed by atoms with Crippen molar-refractivity contribution in [3.8, 4) is 5.75 Å². The molecule has 0 spiro atoms. The number of rotatable bonds is 4. The van der Waals surface area contributed by atoms with Crippen LogP contribution in [-0.4, -0.2) is 43.1 Å². The summed E-state index contributed by atoms with van der Waals surface area (Å²) in [5.74, 6) is -0.249. The fraction of sp³-hybridized carbons (Fsp3) is 0.357. The number of carbonyl (C=O) groups is 1. The molecule has 118 valence electrons. The van der Waals surface area contributed by atoms with Crippen molar-refractivity contribution in [1.29, 1.82) is 0 Å². The summed E-state index contributed by atoms with van der Waals surface area (Å²) >= 11 is 6.25. The van der Waals surface area contributed by atoms with Crippen LogP contribution in [0.4, 0.5) is 5.69 Å². The second-order valence-electron chi connectivity index (χ2n) is 4.98. The van der Waals surface area contributed by atoms with Gasteiger partial charge >= 0.3 is 5.97 Å². The molecule has 1 heterocycles. The number of methoxy groups -OCH3 is 1. The molecule has 0 N–H and O–H groups in total. The van der Waals surface area contributed by atoms with Gasteiger partial charge in [0.15, 0.2) is 6.10 Å². The van der Waals surface area contributed by atoms with E-state index in [1.807, 2.05) is 0 Å². The zero-order chi connectivity index (χ0) is 16.4. The van der Waals surface area contributed by atoms with Crippen molar-refractivity contribution in [3.05, 3.63) is 38.5 Å². The Balaban J connectivity index is 2.50. The van der Waals surface area contributed by atoms with Crippen molar-refractivity contribution < 1.29 is 19.2 Å². The molecule has 7 nitrogen and oxygen atoms in total. The van der Waals surface area contributed by atoms with E-state index in [4.69, 9.17) is 16.3 Å². The summed E-state index contributed by atoms with van der Waals surface area (Å²) < 4.78 is 10.1. The number of carbonyl (C=O) groups excluding carboxylic acids is 1. The van der Waals surface area contributed by atoms with Gasteiger partial charge in [0.05, 0.1) is 22.6 Å². The lowest BCUT2D eigenvalue weighted by Crippen LogP contribution is -2.26. The summed E-state index contributed by atoms with van der Waals surface area (Å²) in [5, 5.41) is 11.4. The smallest absolute Gasteiger partial charge is 0.347 e. The normalized spacial score (nSPS) is 16.3. The lowest BCUT2D eigenvalue weighted by Gasteiger charge is -2.10. The van der Waals surface area contributed by atoms with Crippen molar-refractivity contribution in [3.63, 3.8) is 0 Å². The van der Waals surface area contributed by atoms with Crippen LogP contribution in [0.1, 0.15) is 11.1 Å². The number of halogens is 1. The first-order chi connectivity index (χ1) is 10.3. The summed E-state index contributed by atoms with van der Waals surface area (Å²) in [4.78, 5) is 24.0. The Morgan fingerprint density at radius 1 is 1.59 bits per heavy atom. The van der Waals surface area contributed by atoms with Gasteiger partial charge < -0.3 is 14.4 Å². The van der Waals surface area contributed by atoms with Crippen LogP contribution in [0.25, 0.3) is 6.08 Å². The number of esters is 1. The van der Waals surface area contributed by atoms with Crippen LogP contribution in [0.2, 0.25) is 5.02 Å². The van der Waals surface area contributed by atoms with Crippen molar-refractivity contribution in [1.82, 2.24) is 4.90 Å². The lowest BCUT2D eigenvalue weighted by molar-refractivity contribution is -0.385. The molecular weight excluding hydrogens is 312 g/mol. The molecule has 0 radical (unpaired) electrons. The molecule has 1 unspecified atom stereocenters. The Kier molecular flexibility index (Phi) is 4.56. The Bertz CT molecular complexity index is 657. The summed E-state index contributed by atoms with van der Waals surface area (Å²) in [7, 11) is 4.82. The van der Waals surface area contributed by atoms with Gasteiger partial charge in [0.25, 0.3) is 5.69 Å². The number of fused-ring (bicyclic) bond motifs is 1. The lowest BCUT2D eigenvalue weighted by atomic mass is 10.0. The number of nitro groups is 1. The monoisotopic (exact) mass is 326 g/mol. The first kappa shape index (κ1) is 16.1. The van der Waals surface area contributed by atoms with Gasteiger partial charge in [-0.15, -0.1) is 0 Å². The van der Waals surface area contributed by atoms with E-state index in [0.29, 0.717) is 11.3 Å². The molecular formula is C14H15ClN2O5. The molecule has 0 aromatic heterocycles. The topological polar surface area (TPSA) is 81.9 Å². The van der Waals surface area contributed by atoms with Crippen LogP contribution >= 0.6 is 11.6 Å². The van der Waals surface area contributed by atoms with E-state index in [0.717, 1.165) is 0 Å². The largest absolute Gasteiger partial charge is 0.476 e. The van der Waals surface area contributed by atoms with Gasteiger partial charge in [0.1, 0.15) is 5.75 Å². The minimum absolute atomic E-state index is 0.119. The number of nitrogens with zero attached hydrogens (tertiary/aromatic N) is 2. The molecule has 0 bridgehead atoms. The van der Waals surface area contributed by atoms with Gasteiger partial charge in [-0.2, -0.15) is 0 Å². The van der Waals surface area contributed by atoms with E-state index in [-0.39, 0.29) is 22.7 Å². The highest BCUT2D eigenvalue weighted by Crippen LogP contribution is 2.43. The Morgan fingerprint density at radius 3 is 2.82 bits per heavy atom. The van der Waals surface area contributed by atoms with Crippen LogP contribution in [0.5, 0.6) is 5.75 Å². The number of hydrogen-bond donors (Lipinski definition) is 0. The van der Waals surface area contributed by atoms with Gasteiger partial charge in [0, 0.05) is 32.1 Å². The van der Waals surface area contributed by atoms with Crippen molar-refractivity contribution in [2.45, 2.75) is 12.5 Å². The molecule has 8 heteroatoms. The van der Waals surface area contributed by atoms with E-state index in [1.165, 1.54) is 19.3 Å². The van der Waals surface area contributed by atoms with Crippen LogP contribution in [-0.2, 0) is 16.0 Å². The van der Waals surface area contributed by atoms with Gasteiger partial charge in [-0.1, -0.05) is 11.6 Å². The van der Waals surface area contributed by atoms with Crippen LogP contribution in [0.15, 0.2) is 12.3 Å². The summed E-state index contributed by atoms with van der Waals surface area (Å²) in [6.45, 7) is 0. The van der Waals surface area contributed by atoms with Gasteiger partial charge in [0.2, 0.25) is 0 Å². The maximum absolute atomic E-state index is 11.6. The first-order valence-corrected chi connectivity index (χ1v) is 6.81. The van der Waals surface area contributed by atoms with E-state index < -0.39 is 17.0 Å². The molecule has 0 saturated carbocycles. The second-order valence-corrected chi connectivity index (χ2v) is 5.36. The first-order valence-electron chi connectivity index (χ1n) is 6.44. The van der Waals surface area contributed by atoms with Crippen molar-refractivity contribution >= 4 is 29.3 Å². The Hall–Kier alpha value is -2.28. The number of benzene rings is 1. The van der Waals surface area contributed by atoms with Crippen LogP contribution < -0.4 is 4.74 Å². The molecule has 0 aliphatic carbocycles. The average molecular weight is 327 g/mol.